The lowest BCUT2D eigenvalue weighted by Crippen LogP contribution is -2.14. The average Bonchev–Trinajstić information content (AvgIpc) is 2.74. The molecule has 0 amide bonds. The van der Waals surface area contributed by atoms with Crippen molar-refractivity contribution < 1.29 is 4.74 Å². The van der Waals surface area contributed by atoms with Crippen molar-refractivity contribution in [3.05, 3.63) is 28.3 Å². The van der Waals surface area contributed by atoms with Crippen molar-refractivity contribution >= 4 is 11.6 Å². The lowest BCUT2D eigenvalue weighted by Gasteiger charge is -2.16. The Morgan fingerprint density at radius 2 is 2.27 bits per heavy atom. The van der Waals surface area contributed by atoms with Gasteiger partial charge in [-0.05, 0) is 44.0 Å². The van der Waals surface area contributed by atoms with E-state index < -0.39 is 0 Å². The van der Waals surface area contributed by atoms with E-state index in [-0.39, 0.29) is 0 Å². The summed E-state index contributed by atoms with van der Waals surface area (Å²) >= 11 is 6.14. The number of aryl methyl sites for hydroxylation is 1. The number of rotatable bonds is 2. The van der Waals surface area contributed by atoms with Gasteiger partial charge in [-0.1, -0.05) is 11.6 Å². The van der Waals surface area contributed by atoms with Crippen LogP contribution < -0.4 is 10.1 Å². The highest BCUT2D eigenvalue weighted by atomic mass is 35.5. The molecule has 1 fully saturated rings. The van der Waals surface area contributed by atoms with Gasteiger partial charge in [0.25, 0.3) is 0 Å². The van der Waals surface area contributed by atoms with E-state index in [0.29, 0.717) is 6.04 Å². The zero-order valence-corrected chi connectivity index (χ0v) is 9.90. The van der Waals surface area contributed by atoms with Crippen LogP contribution >= 0.6 is 11.6 Å². The maximum absolute atomic E-state index is 6.14. The molecule has 0 spiro atoms. The first kappa shape index (κ1) is 10.8. The monoisotopic (exact) mass is 225 g/mol. The Morgan fingerprint density at radius 3 is 2.87 bits per heavy atom. The maximum Gasteiger partial charge on any atom is 0.124 e. The zero-order chi connectivity index (χ0) is 10.8. The summed E-state index contributed by atoms with van der Waals surface area (Å²) in [5, 5.41) is 4.27. The number of hydrogen-bond acceptors (Lipinski definition) is 2. The molecule has 82 valence electrons. The summed E-state index contributed by atoms with van der Waals surface area (Å²) in [6, 6.07) is 4.44. The first-order valence-corrected chi connectivity index (χ1v) is 5.67. The van der Waals surface area contributed by atoms with Crippen molar-refractivity contribution in [2.24, 2.45) is 0 Å². The number of hydrogen-bond donors (Lipinski definition) is 1. The number of methoxy groups -OCH3 is 1. The molecule has 1 heterocycles. The third-order valence-electron chi connectivity index (χ3n) is 2.95. The van der Waals surface area contributed by atoms with Gasteiger partial charge in [0.2, 0.25) is 0 Å². The van der Waals surface area contributed by atoms with Crippen LogP contribution in [0.1, 0.15) is 30.0 Å². The minimum Gasteiger partial charge on any atom is -0.496 e. The Bertz CT molecular complexity index is 359. The molecular formula is C12H16ClNO. The van der Waals surface area contributed by atoms with E-state index in [9.17, 15) is 0 Å². The van der Waals surface area contributed by atoms with Gasteiger partial charge in [-0.2, -0.15) is 0 Å². The quantitative estimate of drug-likeness (QED) is 0.835. The van der Waals surface area contributed by atoms with Gasteiger partial charge in [0.05, 0.1) is 7.11 Å². The summed E-state index contributed by atoms with van der Waals surface area (Å²) in [4.78, 5) is 0. The summed E-state index contributed by atoms with van der Waals surface area (Å²) in [6.45, 7) is 3.08. The molecular weight excluding hydrogens is 210 g/mol. The molecule has 1 aliphatic rings. The highest BCUT2D eigenvalue weighted by Gasteiger charge is 2.20. The maximum atomic E-state index is 6.14. The van der Waals surface area contributed by atoms with E-state index in [1.165, 1.54) is 12.0 Å². The van der Waals surface area contributed by atoms with Crippen molar-refractivity contribution in [1.29, 1.82) is 0 Å². The minimum absolute atomic E-state index is 0.401. The van der Waals surface area contributed by atoms with Gasteiger partial charge in [0, 0.05) is 16.6 Å². The Labute approximate surface area is 95.6 Å². The van der Waals surface area contributed by atoms with Crippen molar-refractivity contribution in [2.45, 2.75) is 25.8 Å². The Balaban J connectivity index is 2.39. The van der Waals surface area contributed by atoms with Crippen LogP contribution in [0.2, 0.25) is 5.02 Å². The van der Waals surface area contributed by atoms with Crippen LogP contribution in [0.3, 0.4) is 0 Å². The normalized spacial score (nSPS) is 20.6. The zero-order valence-electron chi connectivity index (χ0n) is 9.14. The lowest BCUT2D eigenvalue weighted by atomic mass is 10.0. The van der Waals surface area contributed by atoms with E-state index in [0.717, 1.165) is 29.3 Å². The fourth-order valence-electron chi connectivity index (χ4n) is 2.07. The van der Waals surface area contributed by atoms with Crippen molar-refractivity contribution in [1.82, 2.24) is 5.32 Å². The van der Waals surface area contributed by atoms with E-state index in [1.54, 1.807) is 7.11 Å². The van der Waals surface area contributed by atoms with Crippen LogP contribution in [0.25, 0.3) is 0 Å². The van der Waals surface area contributed by atoms with Gasteiger partial charge in [0.1, 0.15) is 5.75 Å². The highest BCUT2D eigenvalue weighted by Crippen LogP contribution is 2.34. The van der Waals surface area contributed by atoms with Crippen LogP contribution in [0.15, 0.2) is 12.1 Å². The minimum atomic E-state index is 0.401. The second kappa shape index (κ2) is 4.42. The standard InChI is InChI=1S/C12H16ClNO/c1-8-6-12(15-2)9(7-10(8)13)11-4-3-5-14-11/h6-7,11,14H,3-5H2,1-2H3. The van der Waals surface area contributed by atoms with Gasteiger partial charge < -0.3 is 10.1 Å². The summed E-state index contributed by atoms with van der Waals surface area (Å²) < 4.78 is 5.39. The molecule has 3 heteroatoms. The van der Waals surface area contributed by atoms with Gasteiger partial charge in [0.15, 0.2) is 0 Å². The van der Waals surface area contributed by atoms with Crippen LogP contribution in [-0.2, 0) is 0 Å². The molecule has 1 atom stereocenters. The molecule has 1 aromatic carbocycles. The average molecular weight is 226 g/mol. The van der Waals surface area contributed by atoms with Gasteiger partial charge in [-0.25, -0.2) is 0 Å². The topological polar surface area (TPSA) is 21.3 Å². The lowest BCUT2D eigenvalue weighted by molar-refractivity contribution is 0.403. The molecule has 1 aromatic rings. The van der Waals surface area contributed by atoms with E-state index in [4.69, 9.17) is 16.3 Å². The first-order chi connectivity index (χ1) is 7.22. The molecule has 15 heavy (non-hydrogen) atoms. The highest BCUT2D eigenvalue weighted by molar-refractivity contribution is 6.31. The van der Waals surface area contributed by atoms with E-state index in [2.05, 4.69) is 5.32 Å². The SMILES string of the molecule is COc1cc(C)c(Cl)cc1C1CCCN1. The number of ether oxygens (including phenoxy) is 1. The molecule has 0 radical (unpaired) electrons. The molecule has 0 aliphatic carbocycles. The third-order valence-corrected chi connectivity index (χ3v) is 3.35. The van der Waals surface area contributed by atoms with Crippen LogP contribution in [0.4, 0.5) is 0 Å². The van der Waals surface area contributed by atoms with Gasteiger partial charge in [-0.15, -0.1) is 0 Å². The number of halogens is 1. The third kappa shape index (κ3) is 2.11. The molecule has 2 nitrogen and oxygen atoms in total. The summed E-state index contributed by atoms with van der Waals surface area (Å²) in [7, 11) is 1.71. The Hall–Kier alpha value is -0.730. The summed E-state index contributed by atoms with van der Waals surface area (Å²) in [5.74, 6) is 0.941. The van der Waals surface area contributed by atoms with Crippen molar-refractivity contribution in [3.63, 3.8) is 0 Å². The molecule has 1 saturated heterocycles. The molecule has 0 saturated carbocycles. The molecule has 0 aromatic heterocycles. The molecule has 1 aliphatic heterocycles. The van der Waals surface area contributed by atoms with Gasteiger partial charge >= 0.3 is 0 Å². The fourth-order valence-corrected chi connectivity index (χ4v) is 2.24. The predicted octanol–water partition coefficient (Wildman–Crippen LogP) is 3.08. The Kier molecular flexibility index (Phi) is 3.17. The number of nitrogens with one attached hydrogen (secondary N) is 1. The molecule has 0 bridgehead atoms. The fraction of sp³-hybridized carbons (Fsp3) is 0.500. The molecule has 1 N–H and O–H groups in total. The smallest absolute Gasteiger partial charge is 0.124 e. The van der Waals surface area contributed by atoms with Crippen molar-refractivity contribution in [2.75, 3.05) is 13.7 Å². The van der Waals surface area contributed by atoms with E-state index in [1.807, 2.05) is 19.1 Å². The second-order valence-corrected chi connectivity index (χ2v) is 4.40. The second-order valence-electron chi connectivity index (χ2n) is 3.99. The Morgan fingerprint density at radius 1 is 1.47 bits per heavy atom. The summed E-state index contributed by atoms with van der Waals surface area (Å²) in [5.41, 5.74) is 2.25. The molecule has 1 unspecified atom stereocenters. The largest absolute Gasteiger partial charge is 0.496 e. The number of benzene rings is 1. The van der Waals surface area contributed by atoms with Crippen LogP contribution in [-0.4, -0.2) is 13.7 Å². The van der Waals surface area contributed by atoms with Crippen molar-refractivity contribution in [3.8, 4) is 5.75 Å². The molecule has 2 rings (SSSR count). The van der Waals surface area contributed by atoms with Gasteiger partial charge in [-0.3, -0.25) is 0 Å². The van der Waals surface area contributed by atoms with Crippen LogP contribution in [0, 0.1) is 6.92 Å². The van der Waals surface area contributed by atoms with E-state index >= 15 is 0 Å². The van der Waals surface area contributed by atoms with Crippen LogP contribution in [0.5, 0.6) is 5.75 Å². The predicted molar refractivity (Wildman–Crippen MR) is 62.7 cm³/mol. The summed E-state index contributed by atoms with van der Waals surface area (Å²) in [6.07, 6.45) is 2.38. The first-order valence-electron chi connectivity index (χ1n) is 5.30.